The van der Waals surface area contributed by atoms with E-state index in [0.29, 0.717) is 5.82 Å². The van der Waals surface area contributed by atoms with Crippen molar-refractivity contribution in [2.75, 3.05) is 11.4 Å². The van der Waals surface area contributed by atoms with Crippen molar-refractivity contribution in [2.45, 2.75) is 6.54 Å². The molecule has 0 amide bonds. The number of rotatable bonds is 3. The van der Waals surface area contributed by atoms with E-state index in [1.807, 2.05) is 18.2 Å². The number of H-pyrrole nitrogens is 1. The molecule has 3 aromatic rings. The molecular formula is C17H14ClN5. The topological polar surface area (TPSA) is 57.7 Å². The number of fused-ring (bicyclic) bond motifs is 1. The summed E-state index contributed by atoms with van der Waals surface area (Å²) in [7, 11) is 0. The zero-order chi connectivity index (χ0) is 15.6. The van der Waals surface area contributed by atoms with Crippen LogP contribution in [0.15, 0.2) is 48.5 Å². The van der Waals surface area contributed by atoms with Gasteiger partial charge in [0.25, 0.3) is 0 Å². The van der Waals surface area contributed by atoms with Crippen LogP contribution >= 0.6 is 11.6 Å². The van der Waals surface area contributed by atoms with Gasteiger partial charge < -0.3 is 4.90 Å². The zero-order valence-electron chi connectivity index (χ0n) is 12.3. The first kappa shape index (κ1) is 14.0. The number of nitrogens with one attached hydrogen (secondary N) is 1. The zero-order valence-corrected chi connectivity index (χ0v) is 13.0. The highest BCUT2D eigenvalue weighted by Crippen LogP contribution is 2.32. The first-order valence-corrected chi connectivity index (χ1v) is 7.70. The molecule has 0 spiro atoms. The molecule has 2 heterocycles. The van der Waals surface area contributed by atoms with E-state index in [1.165, 1.54) is 16.8 Å². The van der Waals surface area contributed by atoms with E-state index in [0.717, 1.165) is 23.7 Å². The summed E-state index contributed by atoms with van der Waals surface area (Å²) in [6, 6.07) is 16.3. The van der Waals surface area contributed by atoms with Crippen molar-refractivity contribution < 1.29 is 0 Å². The fourth-order valence-electron chi connectivity index (χ4n) is 2.81. The Morgan fingerprint density at radius 1 is 1.09 bits per heavy atom. The molecule has 0 fully saturated rings. The number of nitrogens with zero attached hydrogens (tertiary/aromatic N) is 4. The summed E-state index contributed by atoms with van der Waals surface area (Å²) >= 11 is 5.98. The SMILES string of the molecule is Clc1ccc(CN2CC(c3nnn[nH]3)=Cc3ccccc32)cc1. The third-order valence-corrected chi connectivity index (χ3v) is 4.16. The first-order chi connectivity index (χ1) is 11.3. The molecule has 0 radical (unpaired) electrons. The van der Waals surface area contributed by atoms with Gasteiger partial charge in [-0.15, -0.1) is 5.10 Å². The smallest absolute Gasteiger partial charge is 0.177 e. The first-order valence-electron chi connectivity index (χ1n) is 7.33. The van der Waals surface area contributed by atoms with E-state index in [2.05, 4.69) is 61.9 Å². The third kappa shape index (κ3) is 2.83. The summed E-state index contributed by atoms with van der Waals surface area (Å²) in [6.45, 7) is 1.55. The highest BCUT2D eigenvalue weighted by molar-refractivity contribution is 6.30. The van der Waals surface area contributed by atoms with Crippen LogP contribution in [0.1, 0.15) is 17.0 Å². The van der Waals surface area contributed by atoms with Crippen molar-refractivity contribution in [1.29, 1.82) is 0 Å². The fourth-order valence-corrected chi connectivity index (χ4v) is 2.94. The predicted molar refractivity (Wildman–Crippen MR) is 91.0 cm³/mol. The van der Waals surface area contributed by atoms with Crippen molar-refractivity contribution >= 4 is 28.9 Å². The van der Waals surface area contributed by atoms with Crippen LogP contribution < -0.4 is 4.90 Å². The van der Waals surface area contributed by atoms with Crippen molar-refractivity contribution in [3.8, 4) is 0 Å². The van der Waals surface area contributed by atoms with E-state index in [1.54, 1.807) is 0 Å². The Kier molecular flexibility index (Phi) is 3.55. The molecule has 5 nitrogen and oxygen atoms in total. The second kappa shape index (κ2) is 5.85. The molecular weight excluding hydrogens is 310 g/mol. The summed E-state index contributed by atoms with van der Waals surface area (Å²) in [5.41, 5.74) is 4.65. The van der Waals surface area contributed by atoms with Gasteiger partial charge in [-0.1, -0.05) is 41.9 Å². The highest BCUT2D eigenvalue weighted by atomic mass is 35.5. The van der Waals surface area contributed by atoms with Crippen molar-refractivity contribution in [3.05, 3.63) is 70.5 Å². The van der Waals surface area contributed by atoms with Crippen molar-refractivity contribution in [1.82, 2.24) is 20.6 Å². The highest BCUT2D eigenvalue weighted by Gasteiger charge is 2.20. The standard InChI is InChI=1S/C17H14ClN5/c18-15-7-5-12(6-8-15)10-23-11-14(17-19-21-22-20-17)9-13-3-1-2-4-16(13)23/h1-9H,10-11H2,(H,19,20,21,22). The lowest BCUT2D eigenvalue weighted by atomic mass is 10.0. The van der Waals surface area contributed by atoms with Crippen molar-refractivity contribution in [2.24, 2.45) is 0 Å². The van der Waals surface area contributed by atoms with Gasteiger partial charge in [-0.05, 0) is 45.8 Å². The molecule has 1 aliphatic rings. The molecule has 0 bridgehead atoms. The van der Waals surface area contributed by atoms with Crippen molar-refractivity contribution in [3.63, 3.8) is 0 Å². The number of aromatic nitrogens is 4. The van der Waals surface area contributed by atoms with Gasteiger partial charge in [-0.25, -0.2) is 5.10 Å². The molecule has 0 atom stereocenters. The molecule has 0 saturated carbocycles. The summed E-state index contributed by atoms with van der Waals surface area (Å²) in [4.78, 5) is 2.32. The number of tetrazole rings is 1. The lowest BCUT2D eigenvalue weighted by molar-refractivity contribution is 0.862. The average molecular weight is 324 g/mol. The Labute approximate surface area is 138 Å². The molecule has 4 rings (SSSR count). The monoisotopic (exact) mass is 323 g/mol. The Hall–Kier alpha value is -2.66. The summed E-state index contributed by atoms with van der Waals surface area (Å²) in [6.07, 6.45) is 2.13. The van der Waals surface area contributed by atoms with Crippen LogP contribution in [0, 0.1) is 0 Å². The van der Waals surface area contributed by atoms with Gasteiger partial charge in [0, 0.05) is 29.4 Å². The Balaban J connectivity index is 1.69. The normalized spacial score (nSPS) is 13.6. The molecule has 6 heteroatoms. The predicted octanol–water partition coefficient (Wildman–Crippen LogP) is 3.41. The van der Waals surface area contributed by atoms with Crippen LogP contribution in [0.25, 0.3) is 11.6 Å². The molecule has 0 aliphatic carbocycles. The van der Waals surface area contributed by atoms with Gasteiger partial charge in [0.1, 0.15) is 0 Å². The summed E-state index contributed by atoms with van der Waals surface area (Å²) < 4.78 is 0. The quantitative estimate of drug-likeness (QED) is 0.802. The Morgan fingerprint density at radius 2 is 1.91 bits per heavy atom. The average Bonchev–Trinajstić information content (AvgIpc) is 3.11. The number of aromatic amines is 1. The van der Waals surface area contributed by atoms with Crippen LogP contribution in [0.3, 0.4) is 0 Å². The molecule has 1 aromatic heterocycles. The minimum atomic E-state index is 0.709. The lowest BCUT2D eigenvalue weighted by Crippen LogP contribution is -2.28. The van der Waals surface area contributed by atoms with E-state index in [9.17, 15) is 0 Å². The number of hydrogen-bond donors (Lipinski definition) is 1. The summed E-state index contributed by atoms with van der Waals surface area (Å²) in [5, 5.41) is 15.0. The van der Waals surface area contributed by atoms with Crippen LogP contribution in [-0.2, 0) is 6.54 Å². The lowest BCUT2D eigenvalue weighted by Gasteiger charge is -2.30. The Bertz CT molecular complexity index is 840. The fraction of sp³-hybridized carbons (Fsp3) is 0.118. The number of halogens is 1. The maximum absolute atomic E-state index is 5.98. The number of hydrogen-bond acceptors (Lipinski definition) is 4. The van der Waals surface area contributed by atoms with Crippen LogP contribution in [-0.4, -0.2) is 27.2 Å². The van der Waals surface area contributed by atoms with Crippen LogP contribution in [0.4, 0.5) is 5.69 Å². The van der Waals surface area contributed by atoms with E-state index in [4.69, 9.17) is 11.6 Å². The minimum absolute atomic E-state index is 0.709. The third-order valence-electron chi connectivity index (χ3n) is 3.90. The minimum Gasteiger partial charge on any atom is -0.362 e. The molecule has 1 aliphatic heterocycles. The van der Waals surface area contributed by atoms with Crippen LogP contribution in [0.5, 0.6) is 0 Å². The molecule has 23 heavy (non-hydrogen) atoms. The van der Waals surface area contributed by atoms with Gasteiger partial charge in [0.2, 0.25) is 0 Å². The van der Waals surface area contributed by atoms with Gasteiger partial charge in [-0.3, -0.25) is 0 Å². The van der Waals surface area contributed by atoms with Gasteiger partial charge in [-0.2, -0.15) is 0 Å². The molecule has 114 valence electrons. The second-order valence-corrected chi connectivity index (χ2v) is 5.90. The molecule has 2 aromatic carbocycles. The number of anilines is 1. The summed E-state index contributed by atoms with van der Waals surface area (Å²) in [5.74, 6) is 0.709. The molecule has 0 saturated heterocycles. The second-order valence-electron chi connectivity index (χ2n) is 5.46. The number of para-hydroxylation sites is 1. The number of benzene rings is 2. The van der Waals surface area contributed by atoms with Gasteiger partial charge in [0.15, 0.2) is 5.82 Å². The van der Waals surface area contributed by atoms with Gasteiger partial charge in [0.05, 0.1) is 0 Å². The van der Waals surface area contributed by atoms with E-state index >= 15 is 0 Å². The maximum Gasteiger partial charge on any atom is 0.177 e. The molecule has 1 N–H and O–H groups in total. The van der Waals surface area contributed by atoms with Gasteiger partial charge >= 0.3 is 0 Å². The molecule has 0 unspecified atom stereocenters. The van der Waals surface area contributed by atoms with E-state index in [-0.39, 0.29) is 0 Å². The van der Waals surface area contributed by atoms with E-state index < -0.39 is 0 Å². The van der Waals surface area contributed by atoms with Crippen LogP contribution in [0.2, 0.25) is 5.02 Å². The Morgan fingerprint density at radius 3 is 2.70 bits per heavy atom. The maximum atomic E-state index is 5.98. The largest absolute Gasteiger partial charge is 0.362 e.